The Bertz CT molecular complexity index is 1870. The number of nitrogens with zero attached hydrogens (tertiary/aromatic N) is 7. The predicted molar refractivity (Wildman–Crippen MR) is 126 cm³/mol. The van der Waals surface area contributed by atoms with Crippen LogP contribution in [0.4, 0.5) is 4.39 Å². The lowest BCUT2D eigenvalue weighted by Gasteiger charge is -2.11. The molecule has 0 aliphatic rings. The smallest absolute Gasteiger partial charge is 0.337 e. The molecule has 0 saturated heterocycles. The van der Waals surface area contributed by atoms with Crippen LogP contribution in [0.2, 0.25) is 0 Å². The van der Waals surface area contributed by atoms with Crippen molar-refractivity contribution in [3.63, 3.8) is 0 Å². The average Bonchev–Trinajstić information content (AvgIpc) is 3.46. The Morgan fingerprint density at radius 3 is 2.69 bits per heavy atom. The maximum atomic E-state index is 14.2. The molecule has 12 heteroatoms. The topological polar surface area (TPSA) is 132 Å². The van der Waals surface area contributed by atoms with Gasteiger partial charge in [0, 0.05) is 29.1 Å². The fraction of sp³-hybridized carbons (Fsp3) is 0.130. The fourth-order valence-corrected chi connectivity index (χ4v) is 5.12. The number of halogens is 1. The number of fused-ring (bicyclic) bond motifs is 2. The maximum Gasteiger partial charge on any atom is 0.337 e. The van der Waals surface area contributed by atoms with E-state index in [1.165, 1.54) is 28.6 Å². The first-order valence-electron chi connectivity index (χ1n) is 10.1. The quantitative estimate of drug-likeness (QED) is 0.381. The van der Waals surface area contributed by atoms with Gasteiger partial charge in [0.05, 0.1) is 53.9 Å². The Hall–Kier alpha value is -4.81. The third kappa shape index (κ3) is 3.27. The van der Waals surface area contributed by atoms with Crippen LogP contribution in [0.15, 0.2) is 46.4 Å². The van der Waals surface area contributed by atoms with Gasteiger partial charge >= 0.3 is 5.69 Å². The van der Waals surface area contributed by atoms with Gasteiger partial charge in [-0.25, -0.2) is 13.8 Å². The molecule has 0 saturated carbocycles. The lowest BCUT2D eigenvalue weighted by atomic mass is 10.1. The number of ether oxygens (including phenoxy) is 1. The van der Waals surface area contributed by atoms with Crippen molar-refractivity contribution in [1.82, 2.24) is 23.9 Å². The fourth-order valence-electron chi connectivity index (χ4n) is 4.00. The Kier molecular flexibility index (Phi) is 5.16. The number of nitriles is 2. The van der Waals surface area contributed by atoms with E-state index in [-0.39, 0.29) is 33.8 Å². The molecule has 35 heavy (non-hydrogen) atoms. The molecule has 0 radical (unpaired) electrons. The second kappa shape index (κ2) is 8.20. The number of aryl methyl sites for hydroxylation is 1. The first-order chi connectivity index (χ1) is 16.9. The normalized spacial score (nSPS) is 11.0. The molecule has 5 rings (SSSR count). The van der Waals surface area contributed by atoms with Crippen molar-refractivity contribution in [2.45, 2.75) is 6.54 Å². The van der Waals surface area contributed by atoms with Crippen molar-refractivity contribution in [2.75, 3.05) is 7.11 Å². The molecule has 0 amide bonds. The number of pyridine rings is 1. The van der Waals surface area contributed by atoms with Crippen LogP contribution in [-0.4, -0.2) is 31.0 Å². The highest BCUT2D eigenvalue weighted by atomic mass is 32.1. The van der Waals surface area contributed by atoms with Crippen molar-refractivity contribution in [3.05, 3.63) is 69.0 Å². The van der Waals surface area contributed by atoms with Gasteiger partial charge in [-0.15, -0.1) is 11.3 Å². The second-order valence-electron chi connectivity index (χ2n) is 7.50. The van der Waals surface area contributed by atoms with Crippen LogP contribution in [0.1, 0.15) is 5.56 Å². The van der Waals surface area contributed by atoms with Gasteiger partial charge in [0.25, 0.3) is 5.56 Å². The first kappa shape index (κ1) is 22.0. The number of rotatable bonds is 4. The van der Waals surface area contributed by atoms with Crippen LogP contribution in [0, 0.1) is 28.5 Å². The predicted octanol–water partition coefficient (Wildman–Crippen LogP) is 2.71. The zero-order valence-corrected chi connectivity index (χ0v) is 19.1. The first-order valence-corrected chi connectivity index (χ1v) is 10.9. The lowest BCUT2D eigenvalue weighted by molar-refractivity contribution is 0.386. The van der Waals surface area contributed by atoms with Gasteiger partial charge in [0.1, 0.15) is 11.2 Å². The second-order valence-corrected chi connectivity index (χ2v) is 8.55. The van der Waals surface area contributed by atoms with E-state index in [1.54, 1.807) is 25.5 Å². The highest BCUT2D eigenvalue weighted by Gasteiger charge is 2.22. The van der Waals surface area contributed by atoms with Gasteiger partial charge in [-0.1, -0.05) is 0 Å². The standard InChI is InChI=1S/C23H14FN7O3S/c1-29-20-13(10-28-29)9-27-11-17(20)31-22(32)21-16(30(4-3-25)23(31)33)7-19(35-21)14-6-18(34-2)15(24)5-12(14)8-26/h5-7,9-11H,4H2,1-2H3. The van der Waals surface area contributed by atoms with Crippen molar-refractivity contribution >= 4 is 32.5 Å². The van der Waals surface area contributed by atoms with Crippen molar-refractivity contribution < 1.29 is 9.13 Å². The SMILES string of the molecule is COc1cc(-c2cc3c(s2)c(=O)n(-c2cncc4cnn(C)c24)c(=O)n3CC#N)c(C#N)cc1F. The minimum Gasteiger partial charge on any atom is -0.494 e. The van der Waals surface area contributed by atoms with Gasteiger partial charge in [-0.3, -0.25) is 19.0 Å². The molecule has 0 atom stereocenters. The Morgan fingerprint density at radius 1 is 1.17 bits per heavy atom. The van der Waals surface area contributed by atoms with Gasteiger partial charge in [0.2, 0.25) is 0 Å². The Morgan fingerprint density at radius 2 is 1.97 bits per heavy atom. The molecule has 1 aromatic carbocycles. The zero-order chi connectivity index (χ0) is 24.9. The summed E-state index contributed by atoms with van der Waals surface area (Å²) in [7, 11) is 2.98. The lowest BCUT2D eigenvalue weighted by Crippen LogP contribution is -2.38. The van der Waals surface area contributed by atoms with Crippen LogP contribution in [0.25, 0.3) is 37.2 Å². The number of methoxy groups -OCH3 is 1. The third-order valence-electron chi connectivity index (χ3n) is 5.59. The highest BCUT2D eigenvalue weighted by Crippen LogP contribution is 2.36. The summed E-state index contributed by atoms with van der Waals surface area (Å²) in [6.45, 7) is -0.321. The van der Waals surface area contributed by atoms with Crippen LogP contribution in [0.3, 0.4) is 0 Å². The number of thiophene rings is 1. The molecule has 4 heterocycles. The molecular weight excluding hydrogens is 473 g/mol. The largest absolute Gasteiger partial charge is 0.494 e. The minimum absolute atomic E-state index is 0.0354. The zero-order valence-electron chi connectivity index (χ0n) is 18.3. The van der Waals surface area contributed by atoms with E-state index in [2.05, 4.69) is 10.1 Å². The van der Waals surface area contributed by atoms with E-state index in [0.717, 1.165) is 22.0 Å². The van der Waals surface area contributed by atoms with E-state index in [1.807, 2.05) is 12.1 Å². The summed E-state index contributed by atoms with van der Waals surface area (Å²) < 4.78 is 23.1. The van der Waals surface area contributed by atoms with E-state index in [0.29, 0.717) is 21.3 Å². The van der Waals surface area contributed by atoms with E-state index >= 15 is 0 Å². The number of hydrogen-bond acceptors (Lipinski definition) is 8. The van der Waals surface area contributed by atoms with Crippen molar-refractivity contribution in [1.29, 1.82) is 10.5 Å². The van der Waals surface area contributed by atoms with E-state index < -0.39 is 17.1 Å². The highest BCUT2D eigenvalue weighted by molar-refractivity contribution is 7.22. The van der Waals surface area contributed by atoms with Crippen molar-refractivity contribution in [3.8, 4) is 34.0 Å². The number of aromatic nitrogens is 5. The Labute approximate surface area is 199 Å². The number of hydrogen-bond donors (Lipinski definition) is 0. The third-order valence-corrected chi connectivity index (χ3v) is 6.74. The molecule has 172 valence electrons. The van der Waals surface area contributed by atoms with E-state index in [9.17, 15) is 24.5 Å². The maximum absolute atomic E-state index is 14.2. The van der Waals surface area contributed by atoms with Crippen LogP contribution in [0.5, 0.6) is 5.75 Å². The molecule has 0 N–H and O–H groups in total. The monoisotopic (exact) mass is 487 g/mol. The summed E-state index contributed by atoms with van der Waals surface area (Å²) >= 11 is 1.03. The molecule has 0 aliphatic carbocycles. The van der Waals surface area contributed by atoms with Gasteiger partial charge in [-0.2, -0.15) is 15.6 Å². The minimum atomic E-state index is -0.721. The van der Waals surface area contributed by atoms with Crippen LogP contribution < -0.4 is 16.0 Å². The summed E-state index contributed by atoms with van der Waals surface area (Å²) in [5, 5.41) is 23.8. The molecule has 0 bridgehead atoms. The molecule has 0 spiro atoms. The molecule has 0 aliphatic heterocycles. The molecule has 4 aromatic heterocycles. The van der Waals surface area contributed by atoms with Crippen LogP contribution >= 0.6 is 11.3 Å². The molecule has 5 aromatic rings. The molecular formula is C23H14FN7O3S. The summed E-state index contributed by atoms with van der Waals surface area (Å²) in [4.78, 5) is 31.7. The average molecular weight is 487 g/mol. The summed E-state index contributed by atoms with van der Waals surface area (Å²) in [5.74, 6) is -0.772. The van der Waals surface area contributed by atoms with Gasteiger partial charge in [-0.05, 0) is 18.2 Å². The van der Waals surface area contributed by atoms with Crippen molar-refractivity contribution in [2.24, 2.45) is 7.05 Å². The summed E-state index contributed by atoms with van der Waals surface area (Å²) in [6, 6.07) is 7.86. The summed E-state index contributed by atoms with van der Waals surface area (Å²) in [5.41, 5.74) is 0.0169. The van der Waals surface area contributed by atoms with Gasteiger partial charge < -0.3 is 4.74 Å². The Balaban J connectivity index is 1.88. The van der Waals surface area contributed by atoms with Crippen LogP contribution in [-0.2, 0) is 13.6 Å². The molecule has 0 unspecified atom stereocenters. The number of benzene rings is 1. The summed E-state index contributed by atoms with van der Waals surface area (Å²) in [6.07, 6.45) is 4.53. The molecule has 0 fully saturated rings. The molecule has 10 nitrogen and oxygen atoms in total. The van der Waals surface area contributed by atoms with Gasteiger partial charge in [0.15, 0.2) is 11.6 Å². The van der Waals surface area contributed by atoms with E-state index in [4.69, 9.17) is 4.74 Å².